The molecule has 2 heterocycles. The molecule has 0 bridgehead atoms. The normalized spacial score (nSPS) is 19.1. The molecule has 0 aliphatic carbocycles. The summed E-state index contributed by atoms with van der Waals surface area (Å²) < 4.78 is 44.5. The van der Waals surface area contributed by atoms with Gasteiger partial charge in [-0.25, -0.2) is 0 Å². The number of carbonyl (C=O) groups is 1. The van der Waals surface area contributed by atoms with Crippen LogP contribution in [0.5, 0.6) is 0 Å². The molecule has 0 radical (unpaired) electrons. The zero-order chi connectivity index (χ0) is 24.3. The van der Waals surface area contributed by atoms with E-state index in [1.165, 1.54) is 11.1 Å². The molecule has 1 fully saturated rings. The first-order valence-corrected chi connectivity index (χ1v) is 11.8. The van der Waals surface area contributed by atoms with Crippen LogP contribution < -0.4 is 4.90 Å². The second-order valence-electron chi connectivity index (χ2n) is 9.27. The maximum absolute atomic E-state index is 12.8. The first kappa shape index (κ1) is 24.5. The van der Waals surface area contributed by atoms with Crippen LogP contribution in [0.4, 0.5) is 18.9 Å². The largest absolute Gasteiger partial charge is 0.416 e. The number of nitrogens with zero attached hydrogens (tertiary/aromatic N) is 3. The van der Waals surface area contributed by atoms with E-state index in [1.54, 1.807) is 31.1 Å². The monoisotopic (exact) mass is 475 g/mol. The number of carbonyl (C=O) groups excluding carboxylic acids is 1. The van der Waals surface area contributed by atoms with Gasteiger partial charge in [-0.2, -0.15) is 13.2 Å². The Morgan fingerprint density at radius 1 is 1.06 bits per heavy atom. The SMILES string of the molecule is CN(C)C(=O)Cc1ccc2c(c1)CCO[C@H]2CCN1CCN(c2ccc(C(F)(F)F)cc2)CC1. The Morgan fingerprint density at radius 3 is 2.41 bits per heavy atom. The molecule has 34 heavy (non-hydrogen) atoms. The molecule has 2 aromatic carbocycles. The van der Waals surface area contributed by atoms with Gasteiger partial charge in [-0.15, -0.1) is 0 Å². The molecule has 2 aliphatic rings. The van der Waals surface area contributed by atoms with E-state index in [4.69, 9.17) is 4.74 Å². The third kappa shape index (κ3) is 5.91. The van der Waals surface area contributed by atoms with Gasteiger partial charge in [-0.1, -0.05) is 18.2 Å². The van der Waals surface area contributed by atoms with Gasteiger partial charge in [0.25, 0.3) is 0 Å². The summed E-state index contributed by atoms with van der Waals surface area (Å²) in [5.74, 6) is 0.0963. The summed E-state index contributed by atoms with van der Waals surface area (Å²) in [6, 6.07) is 11.7. The molecule has 1 saturated heterocycles. The van der Waals surface area contributed by atoms with E-state index in [0.717, 1.165) is 68.9 Å². The van der Waals surface area contributed by atoms with Crippen molar-refractivity contribution in [2.75, 3.05) is 58.3 Å². The van der Waals surface area contributed by atoms with Crippen molar-refractivity contribution in [1.29, 1.82) is 0 Å². The van der Waals surface area contributed by atoms with Crippen LogP contribution in [-0.2, 0) is 28.5 Å². The number of benzene rings is 2. The summed E-state index contributed by atoms with van der Waals surface area (Å²) in [6.07, 6.45) is -2.09. The number of halogens is 3. The number of fused-ring (bicyclic) bond motifs is 1. The molecule has 2 aromatic rings. The number of hydrogen-bond acceptors (Lipinski definition) is 4. The van der Waals surface area contributed by atoms with Crippen LogP contribution in [0.1, 0.15) is 34.8 Å². The van der Waals surface area contributed by atoms with Crippen LogP contribution in [-0.4, -0.2) is 69.1 Å². The van der Waals surface area contributed by atoms with E-state index in [-0.39, 0.29) is 12.0 Å². The minimum atomic E-state index is -4.30. The fourth-order valence-electron chi connectivity index (χ4n) is 4.66. The Bertz CT molecular complexity index is 984. The van der Waals surface area contributed by atoms with Gasteiger partial charge < -0.3 is 14.5 Å². The molecule has 1 amide bonds. The molecule has 2 aliphatic heterocycles. The molecule has 8 heteroatoms. The highest BCUT2D eigenvalue weighted by atomic mass is 19.4. The van der Waals surface area contributed by atoms with E-state index in [0.29, 0.717) is 13.0 Å². The first-order chi connectivity index (χ1) is 16.2. The number of ether oxygens (including phenoxy) is 1. The van der Waals surface area contributed by atoms with Gasteiger partial charge in [0, 0.05) is 52.5 Å². The minimum absolute atomic E-state index is 0.0512. The van der Waals surface area contributed by atoms with Crippen molar-refractivity contribution in [2.45, 2.75) is 31.5 Å². The van der Waals surface area contributed by atoms with Crippen molar-refractivity contribution in [2.24, 2.45) is 0 Å². The van der Waals surface area contributed by atoms with Crippen molar-refractivity contribution < 1.29 is 22.7 Å². The van der Waals surface area contributed by atoms with Gasteiger partial charge >= 0.3 is 6.18 Å². The average molecular weight is 476 g/mol. The third-order valence-corrected chi connectivity index (χ3v) is 6.74. The lowest BCUT2D eigenvalue weighted by Crippen LogP contribution is -2.47. The fraction of sp³-hybridized carbons (Fsp3) is 0.500. The number of rotatable bonds is 6. The predicted octanol–water partition coefficient (Wildman–Crippen LogP) is 4.16. The molecule has 0 saturated carbocycles. The van der Waals surface area contributed by atoms with E-state index in [2.05, 4.69) is 21.9 Å². The summed E-state index contributed by atoms with van der Waals surface area (Å²) in [5.41, 5.74) is 3.75. The summed E-state index contributed by atoms with van der Waals surface area (Å²) in [6.45, 7) is 4.90. The van der Waals surface area contributed by atoms with E-state index >= 15 is 0 Å². The topological polar surface area (TPSA) is 36.0 Å². The summed E-state index contributed by atoms with van der Waals surface area (Å²) in [7, 11) is 3.54. The highest BCUT2D eigenvalue weighted by Crippen LogP contribution is 2.32. The Labute approximate surface area is 199 Å². The van der Waals surface area contributed by atoms with E-state index in [9.17, 15) is 18.0 Å². The van der Waals surface area contributed by atoms with Gasteiger partial charge in [0.1, 0.15) is 0 Å². The standard InChI is InChI=1S/C26H32F3N3O2/c1-30(2)25(33)18-19-3-8-23-20(17-19)10-16-34-24(23)9-11-31-12-14-32(15-13-31)22-6-4-21(5-7-22)26(27,28)29/h3-8,17,24H,9-16,18H2,1-2H3/t24-/m0/s1. The molecular weight excluding hydrogens is 443 g/mol. The van der Waals surface area contributed by atoms with Gasteiger partial charge in [0.05, 0.1) is 24.7 Å². The van der Waals surface area contributed by atoms with Gasteiger partial charge in [0.2, 0.25) is 5.91 Å². The molecule has 184 valence electrons. The Morgan fingerprint density at radius 2 is 1.76 bits per heavy atom. The van der Waals surface area contributed by atoms with Crippen molar-refractivity contribution in [1.82, 2.24) is 9.80 Å². The lowest BCUT2D eigenvalue weighted by Gasteiger charge is -2.37. The molecular formula is C26H32F3N3O2. The van der Waals surface area contributed by atoms with Crippen LogP contribution in [0, 0.1) is 0 Å². The molecule has 5 nitrogen and oxygen atoms in total. The summed E-state index contributed by atoms with van der Waals surface area (Å²) >= 11 is 0. The zero-order valence-corrected chi connectivity index (χ0v) is 19.8. The van der Waals surface area contributed by atoms with Crippen molar-refractivity contribution in [3.05, 3.63) is 64.7 Å². The zero-order valence-electron chi connectivity index (χ0n) is 19.8. The summed E-state index contributed by atoms with van der Waals surface area (Å²) in [4.78, 5) is 18.2. The lowest BCUT2D eigenvalue weighted by molar-refractivity contribution is -0.137. The average Bonchev–Trinajstić information content (AvgIpc) is 2.82. The summed E-state index contributed by atoms with van der Waals surface area (Å²) in [5, 5.41) is 0. The van der Waals surface area contributed by atoms with Crippen molar-refractivity contribution >= 4 is 11.6 Å². The van der Waals surface area contributed by atoms with Crippen LogP contribution >= 0.6 is 0 Å². The number of anilines is 1. The van der Waals surface area contributed by atoms with Gasteiger partial charge in [-0.05, 0) is 53.8 Å². The number of piperazine rings is 1. The minimum Gasteiger partial charge on any atom is -0.373 e. The number of alkyl halides is 3. The highest BCUT2D eigenvalue weighted by molar-refractivity contribution is 5.78. The molecule has 0 N–H and O–H groups in total. The number of hydrogen-bond donors (Lipinski definition) is 0. The lowest BCUT2D eigenvalue weighted by atomic mass is 9.93. The third-order valence-electron chi connectivity index (χ3n) is 6.74. The van der Waals surface area contributed by atoms with Crippen molar-refractivity contribution in [3.63, 3.8) is 0 Å². The maximum Gasteiger partial charge on any atom is 0.416 e. The van der Waals surface area contributed by atoms with Crippen molar-refractivity contribution in [3.8, 4) is 0 Å². The second kappa shape index (κ2) is 10.4. The molecule has 4 rings (SSSR count). The highest BCUT2D eigenvalue weighted by Gasteiger charge is 2.30. The quantitative estimate of drug-likeness (QED) is 0.629. The van der Waals surface area contributed by atoms with Crippen LogP contribution in [0.25, 0.3) is 0 Å². The molecule has 0 aromatic heterocycles. The van der Waals surface area contributed by atoms with Gasteiger partial charge in [-0.3, -0.25) is 9.69 Å². The Balaban J connectivity index is 1.29. The predicted molar refractivity (Wildman–Crippen MR) is 126 cm³/mol. The first-order valence-electron chi connectivity index (χ1n) is 11.8. The molecule has 1 atom stereocenters. The Hall–Kier alpha value is -2.58. The smallest absolute Gasteiger partial charge is 0.373 e. The fourth-order valence-corrected chi connectivity index (χ4v) is 4.66. The van der Waals surface area contributed by atoms with E-state index < -0.39 is 11.7 Å². The Kier molecular flexibility index (Phi) is 7.48. The second-order valence-corrected chi connectivity index (χ2v) is 9.27. The van der Waals surface area contributed by atoms with Crippen LogP contribution in [0.3, 0.4) is 0 Å². The maximum atomic E-state index is 12.8. The van der Waals surface area contributed by atoms with Gasteiger partial charge in [0.15, 0.2) is 0 Å². The molecule has 0 spiro atoms. The van der Waals surface area contributed by atoms with Crippen LogP contribution in [0.2, 0.25) is 0 Å². The van der Waals surface area contributed by atoms with Crippen LogP contribution in [0.15, 0.2) is 42.5 Å². The number of amides is 1. The molecule has 0 unspecified atom stereocenters. The number of likely N-dealkylation sites (N-methyl/N-ethyl adjacent to an activating group) is 1. The van der Waals surface area contributed by atoms with E-state index in [1.807, 2.05) is 6.07 Å².